The fraction of sp³-hybridized carbons (Fsp3) is 0.429. The van der Waals surface area contributed by atoms with E-state index >= 15 is 0 Å². The van der Waals surface area contributed by atoms with Crippen LogP contribution < -0.4 is 10.1 Å². The van der Waals surface area contributed by atoms with Gasteiger partial charge >= 0.3 is 5.97 Å². The summed E-state index contributed by atoms with van der Waals surface area (Å²) in [4.78, 5) is 23.2. The van der Waals surface area contributed by atoms with Crippen LogP contribution in [0.1, 0.15) is 23.7 Å². The Kier molecular flexibility index (Phi) is 6.52. The standard InChI is InChI=1S/C14H19NO5/c1-3-20-12-7-5-4-6-10(12)13(16)15-11(14(17)18)8-9-19-2/h4-7,11H,3,8-9H2,1-2H3,(H,15,16)(H,17,18). The number of benzene rings is 1. The molecule has 0 aliphatic carbocycles. The Hall–Kier alpha value is -2.08. The molecule has 110 valence electrons. The van der Waals surface area contributed by atoms with Gasteiger partial charge in [-0.3, -0.25) is 4.79 Å². The highest BCUT2D eigenvalue weighted by Crippen LogP contribution is 2.18. The lowest BCUT2D eigenvalue weighted by Crippen LogP contribution is -2.41. The molecular weight excluding hydrogens is 262 g/mol. The molecule has 2 N–H and O–H groups in total. The van der Waals surface area contributed by atoms with E-state index in [1.807, 2.05) is 6.92 Å². The van der Waals surface area contributed by atoms with Crippen LogP contribution in [0.4, 0.5) is 0 Å². The zero-order valence-corrected chi connectivity index (χ0v) is 11.6. The molecule has 6 heteroatoms. The number of methoxy groups -OCH3 is 1. The first-order valence-corrected chi connectivity index (χ1v) is 6.34. The van der Waals surface area contributed by atoms with Crippen LogP contribution in [0.5, 0.6) is 5.75 Å². The number of carbonyl (C=O) groups excluding carboxylic acids is 1. The summed E-state index contributed by atoms with van der Waals surface area (Å²) in [5, 5.41) is 11.5. The first-order valence-electron chi connectivity index (χ1n) is 6.34. The molecular formula is C14H19NO5. The number of ether oxygens (including phenoxy) is 2. The molecule has 1 amide bonds. The molecule has 0 fully saturated rings. The Morgan fingerprint density at radius 2 is 2.05 bits per heavy atom. The molecule has 6 nitrogen and oxygen atoms in total. The van der Waals surface area contributed by atoms with Crippen LogP contribution in [-0.2, 0) is 9.53 Å². The first-order chi connectivity index (χ1) is 9.60. The van der Waals surface area contributed by atoms with Crippen LogP contribution in [-0.4, -0.2) is 43.3 Å². The average Bonchev–Trinajstić information content (AvgIpc) is 2.43. The molecule has 0 bridgehead atoms. The van der Waals surface area contributed by atoms with Gasteiger partial charge in [-0.2, -0.15) is 0 Å². The SMILES string of the molecule is CCOc1ccccc1C(=O)NC(CCOC)C(=O)O. The number of carboxylic acids is 1. The van der Waals surface area contributed by atoms with Gasteiger partial charge in [0.25, 0.3) is 5.91 Å². The number of amides is 1. The van der Waals surface area contributed by atoms with Crippen LogP contribution in [0.15, 0.2) is 24.3 Å². The number of hydrogen-bond donors (Lipinski definition) is 2. The summed E-state index contributed by atoms with van der Waals surface area (Å²) in [5.74, 6) is -1.13. The molecule has 1 aromatic carbocycles. The van der Waals surface area contributed by atoms with E-state index in [-0.39, 0.29) is 13.0 Å². The van der Waals surface area contributed by atoms with Crippen molar-refractivity contribution in [3.05, 3.63) is 29.8 Å². The van der Waals surface area contributed by atoms with Crippen molar-refractivity contribution in [2.24, 2.45) is 0 Å². The summed E-state index contributed by atoms with van der Waals surface area (Å²) in [7, 11) is 1.48. The summed E-state index contributed by atoms with van der Waals surface area (Å²) in [6.07, 6.45) is 0.203. The Morgan fingerprint density at radius 1 is 1.35 bits per heavy atom. The molecule has 0 aliphatic heterocycles. The van der Waals surface area contributed by atoms with Gasteiger partial charge in [0.2, 0.25) is 0 Å². The second-order valence-electron chi connectivity index (χ2n) is 4.07. The zero-order valence-electron chi connectivity index (χ0n) is 11.6. The van der Waals surface area contributed by atoms with E-state index in [9.17, 15) is 9.59 Å². The van der Waals surface area contributed by atoms with Crippen LogP contribution in [0.2, 0.25) is 0 Å². The van der Waals surface area contributed by atoms with E-state index in [4.69, 9.17) is 14.6 Å². The molecule has 0 radical (unpaired) electrons. The number of rotatable bonds is 8. The van der Waals surface area contributed by atoms with Crippen molar-refractivity contribution in [1.82, 2.24) is 5.32 Å². The van der Waals surface area contributed by atoms with Crippen LogP contribution >= 0.6 is 0 Å². The molecule has 20 heavy (non-hydrogen) atoms. The van der Waals surface area contributed by atoms with Gasteiger partial charge < -0.3 is 19.9 Å². The highest BCUT2D eigenvalue weighted by molar-refractivity contribution is 5.98. The van der Waals surface area contributed by atoms with Crippen molar-refractivity contribution in [3.63, 3.8) is 0 Å². The molecule has 1 atom stereocenters. The van der Waals surface area contributed by atoms with Crippen LogP contribution in [0, 0.1) is 0 Å². The molecule has 1 unspecified atom stereocenters. The Balaban J connectivity index is 2.80. The number of para-hydroxylation sites is 1. The molecule has 0 aromatic heterocycles. The lowest BCUT2D eigenvalue weighted by Gasteiger charge is -2.15. The van der Waals surface area contributed by atoms with Crippen molar-refractivity contribution in [1.29, 1.82) is 0 Å². The maximum Gasteiger partial charge on any atom is 0.326 e. The normalized spacial score (nSPS) is 11.7. The maximum absolute atomic E-state index is 12.1. The lowest BCUT2D eigenvalue weighted by molar-refractivity contribution is -0.139. The summed E-state index contributed by atoms with van der Waals surface area (Å²) in [5.41, 5.74) is 0.318. The maximum atomic E-state index is 12.1. The van der Waals surface area contributed by atoms with E-state index in [1.54, 1.807) is 24.3 Å². The van der Waals surface area contributed by atoms with Crippen molar-refractivity contribution in [3.8, 4) is 5.75 Å². The third kappa shape index (κ3) is 4.55. The summed E-state index contributed by atoms with van der Waals surface area (Å²) < 4.78 is 10.2. The molecule has 1 aromatic rings. The topological polar surface area (TPSA) is 84.9 Å². The molecule has 0 aliphatic rings. The smallest absolute Gasteiger partial charge is 0.326 e. The minimum atomic E-state index is -1.09. The van der Waals surface area contributed by atoms with Crippen LogP contribution in [0.3, 0.4) is 0 Å². The number of carboxylic acid groups (broad SMARTS) is 1. The van der Waals surface area contributed by atoms with Crippen molar-refractivity contribution < 1.29 is 24.2 Å². The van der Waals surface area contributed by atoms with Gasteiger partial charge in [-0.1, -0.05) is 12.1 Å². The lowest BCUT2D eigenvalue weighted by atomic mass is 10.1. The average molecular weight is 281 g/mol. The highest BCUT2D eigenvalue weighted by atomic mass is 16.5. The van der Waals surface area contributed by atoms with Gasteiger partial charge in [-0.25, -0.2) is 4.79 Å². The third-order valence-corrected chi connectivity index (χ3v) is 2.65. The monoisotopic (exact) mass is 281 g/mol. The second-order valence-corrected chi connectivity index (χ2v) is 4.07. The predicted molar refractivity (Wildman–Crippen MR) is 73.0 cm³/mol. The minimum absolute atomic E-state index is 0.203. The number of aliphatic carboxylic acids is 1. The van der Waals surface area contributed by atoms with Gasteiger partial charge in [0.1, 0.15) is 11.8 Å². The van der Waals surface area contributed by atoms with Crippen molar-refractivity contribution >= 4 is 11.9 Å². The van der Waals surface area contributed by atoms with Crippen molar-refractivity contribution in [2.75, 3.05) is 20.3 Å². The van der Waals surface area contributed by atoms with Crippen LogP contribution in [0.25, 0.3) is 0 Å². The summed E-state index contributed by atoms with van der Waals surface area (Å²) in [6, 6.07) is 5.72. The Bertz CT molecular complexity index is 461. The van der Waals surface area contributed by atoms with Gasteiger partial charge in [-0.15, -0.1) is 0 Å². The van der Waals surface area contributed by atoms with Gasteiger partial charge in [-0.05, 0) is 19.1 Å². The summed E-state index contributed by atoms with van der Waals surface area (Å²) >= 11 is 0. The molecule has 0 spiro atoms. The molecule has 0 heterocycles. The quantitative estimate of drug-likeness (QED) is 0.750. The fourth-order valence-corrected chi connectivity index (χ4v) is 1.66. The molecule has 0 saturated carbocycles. The van der Waals surface area contributed by atoms with E-state index in [2.05, 4.69) is 5.32 Å². The first kappa shape index (κ1) is 16.0. The highest BCUT2D eigenvalue weighted by Gasteiger charge is 2.21. The second kappa shape index (κ2) is 8.16. The largest absolute Gasteiger partial charge is 0.493 e. The molecule has 1 rings (SSSR count). The van der Waals surface area contributed by atoms with E-state index < -0.39 is 17.9 Å². The number of nitrogens with one attached hydrogen (secondary N) is 1. The van der Waals surface area contributed by atoms with Gasteiger partial charge in [0, 0.05) is 20.1 Å². The van der Waals surface area contributed by atoms with Gasteiger partial charge in [0.15, 0.2) is 0 Å². The van der Waals surface area contributed by atoms with Crippen molar-refractivity contribution in [2.45, 2.75) is 19.4 Å². The Labute approximate surface area is 117 Å². The van der Waals surface area contributed by atoms with E-state index in [1.165, 1.54) is 7.11 Å². The third-order valence-electron chi connectivity index (χ3n) is 2.65. The Morgan fingerprint density at radius 3 is 2.65 bits per heavy atom. The predicted octanol–water partition coefficient (Wildman–Crippen LogP) is 1.30. The molecule has 0 saturated heterocycles. The van der Waals surface area contributed by atoms with E-state index in [0.717, 1.165) is 0 Å². The fourth-order valence-electron chi connectivity index (χ4n) is 1.66. The number of carbonyl (C=O) groups is 2. The van der Waals surface area contributed by atoms with Gasteiger partial charge in [0.05, 0.1) is 12.2 Å². The summed E-state index contributed by atoms with van der Waals surface area (Å²) in [6.45, 7) is 2.49. The zero-order chi connectivity index (χ0) is 15.0. The number of hydrogen-bond acceptors (Lipinski definition) is 4. The minimum Gasteiger partial charge on any atom is -0.493 e. The van der Waals surface area contributed by atoms with E-state index in [0.29, 0.717) is 17.9 Å².